The summed E-state index contributed by atoms with van der Waals surface area (Å²) in [6.07, 6.45) is 7.06. The minimum absolute atomic E-state index is 0. The van der Waals surface area contributed by atoms with Crippen LogP contribution in [0.15, 0.2) is 30.5 Å². The van der Waals surface area contributed by atoms with Gasteiger partial charge in [0.2, 0.25) is 17.7 Å². The summed E-state index contributed by atoms with van der Waals surface area (Å²) in [7, 11) is 0. The Morgan fingerprint density at radius 2 is 1.97 bits per heavy atom. The predicted molar refractivity (Wildman–Crippen MR) is 119 cm³/mol. The molecule has 1 aromatic carbocycles. The van der Waals surface area contributed by atoms with Crippen LogP contribution in [0.4, 0.5) is 0 Å². The van der Waals surface area contributed by atoms with E-state index >= 15 is 0 Å². The van der Waals surface area contributed by atoms with Crippen LogP contribution >= 0.6 is 12.4 Å². The molecule has 2 aliphatic rings. The number of hydrogen-bond acceptors (Lipinski definition) is 4. The van der Waals surface area contributed by atoms with Crippen LogP contribution in [-0.2, 0) is 14.4 Å². The molecule has 3 N–H and O–H groups in total. The highest BCUT2D eigenvalue weighted by Gasteiger charge is 2.33. The van der Waals surface area contributed by atoms with E-state index in [0.717, 1.165) is 30.4 Å². The zero-order valence-electron chi connectivity index (χ0n) is 17.4. The number of nitrogens with zero attached hydrogens (tertiary/aromatic N) is 2. The SMILES string of the molecule is CC(=O)N1C=Cc2ccccc2C1CC(=O)N1CCCCC1CNC(=O)CCN.Cl. The van der Waals surface area contributed by atoms with Crippen molar-refractivity contribution in [1.82, 2.24) is 15.1 Å². The first-order valence-electron chi connectivity index (χ1n) is 10.3. The Labute approximate surface area is 184 Å². The monoisotopic (exact) mass is 434 g/mol. The number of likely N-dealkylation sites (tertiary alicyclic amines) is 1. The molecule has 2 atom stereocenters. The van der Waals surface area contributed by atoms with Gasteiger partial charge in [0.25, 0.3) is 0 Å². The second-order valence-corrected chi connectivity index (χ2v) is 7.67. The third kappa shape index (κ3) is 5.61. The van der Waals surface area contributed by atoms with Crippen LogP contribution in [0.1, 0.15) is 56.2 Å². The molecule has 3 amide bonds. The zero-order chi connectivity index (χ0) is 20.8. The minimum Gasteiger partial charge on any atom is -0.354 e. The molecule has 30 heavy (non-hydrogen) atoms. The van der Waals surface area contributed by atoms with Crippen LogP contribution < -0.4 is 11.1 Å². The second kappa shape index (κ2) is 11.1. The maximum absolute atomic E-state index is 13.3. The number of carbonyl (C=O) groups is 3. The molecular weight excluding hydrogens is 404 g/mol. The van der Waals surface area contributed by atoms with Gasteiger partial charge in [-0.25, -0.2) is 0 Å². The molecular formula is C22H31ClN4O3. The van der Waals surface area contributed by atoms with E-state index in [1.165, 1.54) is 6.92 Å². The highest BCUT2D eigenvalue weighted by molar-refractivity contribution is 5.85. The number of benzene rings is 1. The van der Waals surface area contributed by atoms with E-state index in [-0.39, 0.29) is 48.6 Å². The first-order valence-corrected chi connectivity index (χ1v) is 10.3. The van der Waals surface area contributed by atoms with Crippen LogP contribution in [0.25, 0.3) is 6.08 Å². The number of piperidine rings is 1. The largest absolute Gasteiger partial charge is 0.354 e. The molecule has 0 saturated carbocycles. The Balaban J connectivity index is 0.00000320. The Kier molecular flexibility index (Phi) is 8.87. The fourth-order valence-electron chi connectivity index (χ4n) is 4.19. The van der Waals surface area contributed by atoms with Crippen molar-refractivity contribution in [2.45, 2.75) is 51.1 Å². The molecule has 0 spiro atoms. The van der Waals surface area contributed by atoms with Crippen molar-refractivity contribution in [3.05, 3.63) is 41.6 Å². The summed E-state index contributed by atoms with van der Waals surface area (Å²) in [6.45, 7) is 2.96. The lowest BCUT2D eigenvalue weighted by Crippen LogP contribution is -2.50. The van der Waals surface area contributed by atoms with Gasteiger partial charge < -0.3 is 20.9 Å². The van der Waals surface area contributed by atoms with Gasteiger partial charge in [0, 0.05) is 45.2 Å². The van der Waals surface area contributed by atoms with Crippen LogP contribution in [-0.4, -0.2) is 53.2 Å². The number of rotatable bonds is 6. The fourth-order valence-corrected chi connectivity index (χ4v) is 4.19. The summed E-state index contributed by atoms with van der Waals surface area (Å²) in [6, 6.07) is 7.54. The minimum atomic E-state index is -0.310. The van der Waals surface area contributed by atoms with Gasteiger partial charge in [-0.1, -0.05) is 24.3 Å². The van der Waals surface area contributed by atoms with Gasteiger partial charge in [0.15, 0.2) is 0 Å². The molecule has 3 rings (SSSR count). The summed E-state index contributed by atoms with van der Waals surface area (Å²) in [5.74, 6) is -0.151. The Morgan fingerprint density at radius 1 is 1.20 bits per heavy atom. The first-order chi connectivity index (χ1) is 14.0. The van der Waals surface area contributed by atoms with Gasteiger partial charge in [-0.05, 0) is 36.5 Å². The molecule has 7 nitrogen and oxygen atoms in total. The summed E-state index contributed by atoms with van der Waals surface area (Å²) >= 11 is 0. The van der Waals surface area contributed by atoms with E-state index in [1.807, 2.05) is 35.2 Å². The maximum atomic E-state index is 13.3. The molecule has 1 fully saturated rings. The number of carbonyl (C=O) groups excluding carboxylic acids is 3. The Bertz CT molecular complexity index is 798. The van der Waals surface area contributed by atoms with Crippen molar-refractivity contribution < 1.29 is 14.4 Å². The lowest BCUT2D eigenvalue weighted by Gasteiger charge is -2.38. The van der Waals surface area contributed by atoms with Gasteiger partial charge in [0.05, 0.1) is 12.5 Å². The molecule has 0 radical (unpaired) electrons. The molecule has 2 heterocycles. The van der Waals surface area contributed by atoms with Crippen molar-refractivity contribution in [2.75, 3.05) is 19.6 Å². The van der Waals surface area contributed by atoms with E-state index < -0.39 is 0 Å². The highest BCUT2D eigenvalue weighted by atomic mass is 35.5. The number of fused-ring (bicyclic) bond motifs is 1. The summed E-state index contributed by atoms with van der Waals surface area (Å²) in [5, 5.41) is 2.90. The van der Waals surface area contributed by atoms with Gasteiger partial charge >= 0.3 is 0 Å². The Hall–Kier alpha value is -2.38. The van der Waals surface area contributed by atoms with Crippen molar-refractivity contribution in [3.63, 3.8) is 0 Å². The third-order valence-electron chi connectivity index (χ3n) is 5.69. The predicted octanol–water partition coefficient (Wildman–Crippen LogP) is 2.22. The van der Waals surface area contributed by atoms with Crippen molar-refractivity contribution >= 4 is 36.2 Å². The topological polar surface area (TPSA) is 95.7 Å². The molecule has 8 heteroatoms. The highest BCUT2D eigenvalue weighted by Crippen LogP contribution is 2.34. The number of nitrogens with two attached hydrogens (primary N) is 1. The second-order valence-electron chi connectivity index (χ2n) is 7.67. The standard InChI is InChI=1S/C22H30N4O3.ClH/c1-16(27)25-13-10-17-6-2-3-8-19(17)20(25)14-22(29)26-12-5-4-7-18(26)15-24-21(28)9-11-23;/h2-3,6,8,10,13,18,20H,4-5,7,9,11-12,14-15,23H2,1H3,(H,24,28);1H. The van der Waals surface area contributed by atoms with Crippen LogP contribution in [0.5, 0.6) is 0 Å². The van der Waals surface area contributed by atoms with Gasteiger partial charge in [-0.2, -0.15) is 0 Å². The zero-order valence-corrected chi connectivity index (χ0v) is 18.2. The van der Waals surface area contributed by atoms with E-state index in [0.29, 0.717) is 26.1 Å². The average molecular weight is 435 g/mol. The lowest BCUT2D eigenvalue weighted by molar-refractivity contribution is -0.138. The number of hydrogen-bond donors (Lipinski definition) is 2. The first kappa shape index (κ1) is 23.9. The van der Waals surface area contributed by atoms with Gasteiger partial charge in [-0.15, -0.1) is 12.4 Å². The summed E-state index contributed by atoms with van der Waals surface area (Å²) in [5.41, 5.74) is 7.45. The molecule has 2 unspecified atom stereocenters. The number of halogens is 1. The molecule has 1 aromatic rings. The van der Waals surface area contributed by atoms with Gasteiger partial charge in [-0.3, -0.25) is 14.4 Å². The lowest BCUT2D eigenvalue weighted by atomic mass is 9.92. The summed E-state index contributed by atoms with van der Waals surface area (Å²) in [4.78, 5) is 40.7. The quantitative estimate of drug-likeness (QED) is 0.717. The van der Waals surface area contributed by atoms with E-state index in [2.05, 4.69) is 5.32 Å². The number of amides is 3. The Morgan fingerprint density at radius 3 is 2.70 bits per heavy atom. The van der Waals surface area contributed by atoms with E-state index in [1.54, 1.807) is 11.1 Å². The smallest absolute Gasteiger partial charge is 0.225 e. The van der Waals surface area contributed by atoms with Crippen LogP contribution in [0.3, 0.4) is 0 Å². The molecule has 164 valence electrons. The number of nitrogens with one attached hydrogen (secondary N) is 1. The van der Waals surface area contributed by atoms with Crippen LogP contribution in [0.2, 0.25) is 0 Å². The van der Waals surface area contributed by atoms with Gasteiger partial charge in [0.1, 0.15) is 0 Å². The van der Waals surface area contributed by atoms with Crippen molar-refractivity contribution in [3.8, 4) is 0 Å². The molecule has 0 bridgehead atoms. The van der Waals surface area contributed by atoms with Crippen LogP contribution in [0, 0.1) is 0 Å². The van der Waals surface area contributed by atoms with Crippen molar-refractivity contribution in [2.24, 2.45) is 5.73 Å². The molecule has 0 aromatic heterocycles. The molecule has 2 aliphatic heterocycles. The van der Waals surface area contributed by atoms with Crippen molar-refractivity contribution in [1.29, 1.82) is 0 Å². The fraction of sp³-hybridized carbons (Fsp3) is 0.500. The van der Waals surface area contributed by atoms with E-state index in [4.69, 9.17) is 5.73 Å². The van der Waals surface area contributed by atoms with E-state index in [9.17, 15) is 14.4 Å². The molecule has 0 aliphatic carbocycles. The summed E-state index contributed by atoms with van der Waals surface area (Å²) < 4.78 is 0. The average Bonchev–Trinajstić information content (AvgIpc) is 2.72. The third-order valence-corrected chi connectivity index (χ3v) is 5.69. The maximum Gasteiger partial charge on any atom is 0.225 e. The normalized spacial score (nSPS) is 20.2. The molecule has 1 saturated heterocycles.